The number of carbonyl (C=O) groups is 1. The highest BCUT2D eigenvalue weighted by Gasteiger charge is 2.24. The number of imidazole rings is 1. The molecule has 1 saturated carbocycles. The first-order chi connectivity index (χ1) is 6.77. The first kappa shape index (κ1) is 9.44. The second-order valence-corrected chi connectivity index (χ2v) is 4.26. The molecule has 1 aliphatic rings. The van der Waals surface area contributed by atoms with Crippen molar-refractivity contribution in [2.75, 3.05) is 0 Å². The van der Waals surface area contributed by atoms with Crippen molar-refractivity contribution in [2.24, 2.45) is 11.8 Å². The van der Waals surface area contributed by atoms with E-state index in [2.05, 4.69) is 11.9 Å². The molecule has 14 heavy (non-hydrogen) atoms. The summed E-state index contributed by atoms with van der Waals surface area (Å²) in [6.45, 7) is 2.26. The molecule has 1 heterocycles. The SMILES string of the molecule is CC1CCC(C(=O)n2ccnc2)CC1. The fraction of sp³-hybridized carbons (Fsp3) is 0.636. The third-order valence-electron chi connectivity index (χ3n) is 3.12. The van der Waals surface area contributed by atoms with Gasteiger partial charge < -0.3 is 0 Å². The van der Waals surface area contributed by atoms with Crippen LogP contribution in [0.25, 0.3) is 0 Å². The van der Waals surface area contributed by atoms with Crippen LogP contribution in [0.15, 0.2) is 18.7 Å². The summed E-state index contributed by atoms with van der Waals surface area (Å²) in [4.78, 5) is 15.8. The Morgan fingerprint density at radius 3 is 2.64 bits per heavy atom. The van der Waals surface area contributed by atoms with Gasteiger partial charge in [-0.3, -0.25) is 9.36 Å². The van der Waals surface area contributed by atoms with E-state index >= 15 is 0 Å². The Balaban J connectivity index is 1.99. The van der Waals surface area contributed by atoms with Gasteiger partial charge in [0.05, 0.1) is 0 Å². The van der Waals surface area contributed by atoms with Gasteiger partial charge in [0, 0.05) is 18.3 Å². The van der Waals surface area contributed by atoms with Crippen molar-refractivity contribution < 1.29 is 4.79 Å². The molecule has 1 aromatic heterocycles. The van der Waals surface area contributed by atoms with Gasteiger partial charge in [-0.2, -0.15) is 0 Å². The van der Waals surface area contributed by atoms with Crippen LogP contribution in [0, 0.1) is 11.8 Å². The number of rotatable bonds is 1. The Bertz CT molecular complexity index is 297. The minimum absolute atomic E-state index is 0.217. The quantitative estimate of drug-likeness (QED) is 0.684. The molecule has 0 amide bonds. The van der Waals surface area contributed by atoms with Gasteiger partial charge in [0.25, 0.3) is 0 Å². The molecule has 0 bridgehead atoms. The molecule has 76 valence electrons. The van der Waals surface area contributed by atoms with Gasteiger partial charge in [-0.15, -0.1) is 0 Å². The lowest BCUT2D eigenvalue weighted by Gasteiger charge is -2.24. The minimum Gasteiger partial charge on any atom is -0.276 e. The van der Waals surface area contributed by atoms with Gasteiger partial charge in [0.1, 0.15) is 6.33 Å². The van der Waals surface area contributed by atoms with Gasteiger partial charge in [0.2, 0.25) is 5.91 Å². The van der Waals surface area contributed by atoms with Gasteiger partial charge >= 0.3 is 0 Å². The smallest absolute Gasteiger partial charge is 0.234 e. The van der Waals surface area contributed by atoms with Crippen molar-refractivity contribution in [2.45, 2.75) is 32.6 Å². The van der Waals surface area contributed by atoms with Gasteiger partial charge in [-0.25, -0.2) is 4.98 Å². The van der Waals surface area contributed by atoms with E-state index in [4.69, 9.17) is 0 Å². The van der Waals surface area contributed by atoms with Crippen molar-refractivity contribution in [3.8, 4) is 0 Å². The van der Waals surface area contributed by atoms with Crippen molar-refractivity contribution in [3.63, 3.8) is 0 Å². The summed E-state index contributed by atoms with van der Waals surface area (Å²) in [7, 11) is 0. The van der Waals surface area contributed by atoms with E-state index in [1.165, 1.54) is 12.8 Å². The predicted molar refractivity (Wildman–Crippen MR) is 54.0 cm³/mol. The molecule has 0 atom stereocenters. The highest BCUT2D eigenvalue weighted by Crippen LogP contribution is 2.29. The predicted octanol–water partition coefficient (Wildman–Crippen LogP) is 2.35. The number of aromatic nitrogens is 2. The molecule has 1 aromatic rings. The summed E-state index contributed by atoms with van der Waals surface area (Å²) in [5, 5.41) is 0. The number of hydrogen-bond donors (Lipinski definition) is 0. The van der Waals surface area contributed by atoms with Gasteiger partial charge in [0.15, 0.2) is 0 Å². The van der Waals surface area contributed by atoms with Crippen LogP contribution < -0.4 is 0 Å². The summed E-state index contributed by atoms with van der Waals surface area (Å²) >= 11 is 0. The Morgan fingerprint density at radius 1 is 1.36 bits per heavy atom. The van der Waals surface area contributed by atoms with E-state index < -0.39 is 0 Å². The molecular formula is C11H16N2O. The van der Waals surface area contributed by atoms with Crippen LogP contribution in [-0.4, -0.2) is 15.5 Å². The first-order valence-corrected chi connectivity index (χ1v) is 5.29. The lowest BCUT2D eigenvalue weighted by atomic mass is 9.82. The fourth-order valence-electron chi connectivity index (χ4n) is 2.11. The number of hydrogen-bond acceptors (Lipinski definition) is 2. The molecule has 0 unspecified atom stereocenters. The highest BCUT2D eigenvalue weighted by molar-refractivity contribution is 5.81. The Labute approximate surface area is 84.1 Å². The molecule has 3 heteroatoms. The van der Waals surface area contributed by atoms with E-state index in [1.54, 1.807) is 23.3 Å². The average Bonchev–Trinajstić information content (AvgIpc) is 2.71. The molecule has 0 radical (unpaired) electrons. The van der Waals surface area contributed by atoms with E-state index in [-0.39, 0.29) is 11.8 Å². The molecule has 0 aromatic carbocycles. The molecule has 0 N–H and O–H groups in total. The lowest BCUT2D eigenvalue weighted by Crippen LogP contribution is -2.24. The zero-order valence-corrected chi connectivity index (χ0v) is 8.52. The molecule has 3 nitrogen and oxygen atoms in total. The molecule has 2 rings (SSSR count). The van der Waals surface area contributed by atoms with Crippen LogP contribution in [-0.2, 0) is 0 Å². The Morgan fingerprint density at radius 2 is 2.07 bits per heavy atom. The highest BCUT2D eigenvalue weighted by atomic mass is 16.2. The van der Waals surface area contributed by atoms with E-state index in [1.807, 2.05) is 0 Å². The zero-order chi connectivity index (χ0) is 9.97. The standard InChI is InChI=1S/C11H16N2O/c1-9-2-4-10(5-3-9)11(14)13-7-6-12-8-13/h6-10H,2-5H2,1H3. The maximum absolute atomic E-state index is 11.9. The van der Waals surface area contributed by atoms with Crippen molar-refractivity contribution >= 4 is 5.91 Å². The molecule has 0 saturated heterocycles. The lowest BCUT2D eigenvalue weighted by molar-refractivity contribution is 0.0787. The second-order valence-electron chi connectivity index (χ2n) is 4.26. The molecule has 0 spiro atoms. The second kappa shape index (κ2) is 3.95. The monoisotopic (exact) mass is 192 g/mol. The Kier molecular flexibility index (Phi) is 2.66. The molecule has 1 fully saturated rings. The summed E-state index contributed by atoms with van der Waals surface area (Å²) in [6.07, 6.45) is 9.44. The molecule has 1 aliphatic carbocycles. The summed E-state index contributed by atoms with van der Waals surface area (Å²) in [6, 6.07) is 0. The maximum Gasteiger partial charge on any atom is 0.234 e. The average molecular weight is 192 g/mol. The maximum atomic E-state index is 11.9. The van der Waals surface area contributed by atoms with E-state index in [0.29, 0.717) is 0 Å². The third kappa shape index (κ3) is 1.86. The van der Waals surface area contributed by atoms with E-state index in [9.17, 15) is 4.79 Å². The van der Waals surface area contributed by atoms with Gasteiger partial charge in [-0.1, -0.05) is 6.92 Å². The van der Waals surface area contributed by atoms with Crippen molar-refractivity contribution in [3.05, 3.63) is 18.7 Å². The summed E-state index contributed by atoms with van der Waals surface area (Å²) < 4.78 is 1.61. The minimum atomic E-state index is 0.217. The van der Waals surface area contributed by atoms with Crippen LogP contribution in [0.5, 0.6) is 0 Å². The third-order valence-corrected chi connectivity index (χ3v) is 3.12. The summed E-state index contributed by atoms with van der Waals surface area (Å²) in [5.74, 6) is 1.23. The van der Waals surface area contributed by atoms with Crippen molar-refractivity contribution in [1.29, 1.82) is 0 Å². The Hall–Kier alpha value is -1.12. The van der Waals surface area contributed by atoms with Crippen LogP contribution in [0.3, 0.4) is 0 Å². The zero-order valence-electron chi connectivity index (χ0n) is 8.52. The molecule has 0 aliphatic heterocycles. The number of nitrogens with zero attached hydrogens (tertiary/aromatic N) is 2. The molecular weight excluding hydrogens is 176 g/mol. The normalized spacial score (nSPS) is 27.5. The van der Waals surface area contributed by atoms with Gasteiger partial charge in [-0.05, 0) is 31.6 Å². The fourth-order valence-corrected chi connectivity index (χ4v) is 2.11. The van der Waals surface area contributed by atoms with E-state index in [0.717, 1.165) is 18.8 Å². The van der Waals surface area contributed by atoms with Crippen LogP contribution in [0.4, 0.5) is 0 Å². The van der Waals surface area contributed by atoms with Crippen LogP contribution in [0.1, 0.15) is 37.4 Å². The number of carbonyl (C=O) groups excluding carboxylic acids is 1. The van der Waals surface area contributed by atoms with Crippen LogP contribution >= 0.6 is 0 Å². The largest absolute Gasteiger partial charge is 0.276 e. The first-order valence-electron chi connectivity index (χ1n) is 5.29. The van der Waals surface area contributed by atoms with Crippen LogP contribution in [0.2, 0.25) is 0 Å². The summed E-state index contributed by atoms with van der Waals surface area (Å²) in [5.41, 5.74) is 0. The van der Waals surface area contributed by atoms with Crippen molar-refractivity contribution in [1.82, 2.24) is 9.55 Å². The topological polar surface area (TPSA) is 34.9 Å².